The van der Waals surface area contributed by atoms with E-state index in [1.807, 2.05) is 0 Å². The number of carbonyl (C=O) groups is 1. The van der Waals surface area contributed by atoms with Crippen LogP contribution in [-0.2, 0) is 19.4 Å². The lowest BCUT2D eigenvalue weighted by Gasteiger charge is -2.23. The molecule has 0 spiro atoms. The Morgan fingerprint density at radius 3 is 2.69 bits per heavy atom. The lowest BCUT2D eigenvalue weighted by atomic mass is 10.0. The SMILES string of the molecule is COc1ccc(C(=O)NCCc2nnc3n2CCN(C[C@@H](C)CCC=C(C)C)CC3)cc1. The Bertz CT molecular complexity index is 900. The number of carbonyl (C=O) groups excluding carboxylic acids is 1. The zero-order chi connectivity index (χ0) is 22.9. The summed E-state index contributed by atoms with van der Waals surface area (Å²) in [6.45, 7) is 11.3. The smallest absolute Gasteiger partial charge is 0.251 e. The van der Waals surface area contributed by atoms with Crippen molar-refractivity contribution in [2.75, 3.05) is 33.3 Å². The van der Waals surface area contributed by atoms with E-state index in [1.165, 1.54) is 12.0 Å². The van der Waals surface area contributed by atoms with Crippen molar-refractivity contribution in [1.29, 1.82) is 0 Å². The number of aromatic nitrogens is 3. The Labute approximate surface area is 191 Å². The van der Waals surface area contributed by atoms with Gasteiger partial charge in [-0.2, -0.15) is 0 Å². The Morgan fingerprint density at radius 1 is 1.19 bits per heavy atom. The normalized spacial score (nSPS) is 14.9. The number of rotatable bonds is 10. The molecule has 0 unspecified atom stereocenters. The molecule has 1 aromatic carbocycles. The largest absolute Gasteiger partial charge is 0.497 e. The van der Waals surface area contributed by atoms with Gasteiger partial charge in [0.05, 0.1) is 7.11 Å². The summed E-state index contributed by atoms with van der Waals surface area (Å²) >= 11 is 0. The van der Waals surface area contributed by atoms with Gasteiger partial charge in [0.2, 0.25) is 0 Å². The van der Waals surface area contributed by atoms with Gasteiger partial charge in [0.15, 0.2) is 0 Å². The lowest BCUT2D eigenvalue weighted by molar-refractivity contribution is 0.0954. The van der Waals surface area contributed by atoms with Crippen LogP contribution in [0.4, 0.5) is 0 Å². The average molecular weight is 440 g/mol. The second kappa shape index (κ2) is 11.8. The van der Waals surface area contributed by atoms with Crippen LogP contribution in [0.1, 0.15) is 55.6 Å². The number of amides is 1. The van der Waals surface area contributed by atoms with Crippen LogP contribution in [0.3, 0.4) is 0 Å². The topological polar surface area (TPSA) is 72.3 Å². The Hall–Kier alpha value is -2.67. The van der Waals surface area contributed by atoms with Crippen LogP contribution >= 0.6 is 0 Å². The summed E-state index contributed by atoms with van der Waals surface area (Å²) in [5.41, 5.74) is 2.03. The maximum Gasteiger partial charge on any atom is 0.251 e. The molecule has 3 rings (SSSR count). The third-order valence-corrected chi connectivity index (χ3v) is 5.96. The van der Waals surface area contributed by atoms with E-state index in [0.717, 1.165) is 56.4 Å². The van der Waals surface area contributed by atoms with Crippen LogP contribution in [0.25, 0.3) is 0 Å². The minimum atomic E-state index is -0.0865. The Balaban J connectivity index is 1.46. The Morgan fingerprint density at radius 2 is 1.97 bits per heavy atom. The van der Waals surface area contributed by atoms with Crippen molar-refractivity contribution in [3.63, 3.8) is 0 Å². The van der Waals surface area contributed by atoms with E-state index in [2.05, 4.69) is 51.8 Å². The minimum Gasteiger partial charge on any atom is -0.497 e. The number of allylic oxidation sites excluding steroid dienone is 2. The number of methoxy groups -OCH3 is 1. The molecule has 1 aliphatic rings. The van der Waals surface area contributed by atoms with Gasteiger partial charge in [0.1, 0.15) is 17.4 Å². The van der Waals surface area contributed by atoms with E-state index < -0.39 is 0 Å². The summed E-state index contributed by atoms with van der Waals surface area (Å²) in [6.07, 6.45) is 6.32. The molecular formula is C25H37N5O2. The molecule has 7 nitrogen and oxygen atoms in total. The molecule has 0 radical (unpaired) electrons. The monoisotopic (exact) mass is 439 g/mol. The third-order valence-electron chi connectivity index (χ3n) is 5.96. The van der Waals surface area contributed by atoms with Gasteiger partial charge in [-0.15, -0.1) is 10.2 Å². The lowest BCUT2D eigenvalue weighted by Crippen LogP contribution is -2.31. The molecule has 0 aliphatic carbocycles. The highest BCUT2D eigenvalue weighted by Gasteiger charge is 2.19. The van der Waals surface area contributed by atoms with E-state index in [9.17, 15) is 4.79 Å². The molecule has 0 saturated carbocycles. The van der Waals surface area contributed by atoms with Crippen molar-refractivity contribution in [2.45, 2.75) is 53.0 Å². The van der Waals surface area contributed by atoms with Crippen molar-refractivity contribution in [3.8, 4) is 5.75 Å². The predicted molar refractivity (Wildman–Crippen MR) is 127 cm³/mol. The molecule has 2 aromatic rings. The van der Waals surface area contributed by atoms with E-state index in [0.29, 0.717) is 24.4 Å². The fourth-order valence-corrected chi connectivity index (χ4v) is 4.12. The summed E-state index contributed by atoms with van der Waals surface area (Å²) in [4.78, 5) is 14.9. The van der Waals surface area contributed by atoms with Crippen LogP contribution in [0, 0.1) is 5.92 Å². The quantitative estimate of drug-likeness (QED) is 0.574. The molecule has 1 atom stereocenters. The van der Waals surface area contributed by atoms with Crippen molar-refractivity contribution in [2.24, 2.45) is 5.92 Å². The van der Waals surface area contributed by atoms with Crippen molar-refractivity contribution >= 4 is 5.91 Å². The summed E-state index contributed by atoms with van der Waals surface area (Å²) in [7, 11) is 1.61. The molecule has 2 heterocycles. The first-order chi connectivity index (χ1) is 15.5. The first-order valence-corrected chi connectivity index (χ1v) is 11.6. The highest BCUT2D eigenvalue weighted by Crippen LogP contribution is 2.15. The number of ether oxygens (including phenoxy) is 1. The van der Waals surface area contributed by atoms with Gasteiger partial charge in [-0.25, -0.2) is 0 Å². The predicted octanol–water partition coefficient (Wildman–Crippen LogP) is 3.50. The van der Waals surface area contributed by atoms with Crippen LogP contribution in [0.2, 0.25) is 0 Å². The van der Waals surface area contributed by atoms with Crippen molar-refractivity contribution < 1.29 is 9.53 Å². The molecule has 0 fully saturated rings. The molecule has 174 valence electrons. The summed E-state index contributed by atoms with van der Waals surface area (Å²) in [5.74, 6) is 3.34. The van der Waals surface area contributed by atoms with Crippen LogP contribution < -0.4 is 10.1 Å². The Kier molecular flexibility index (Phi) is 8.85. The summed E-state index contributed by atoms with van der Waals surface area (Å²) < 4.78 is 7.38. The van der Waals surface area contributed by atoms with E-state index in [4.69, 9.17) is 4.74 Å². The number of hydrogen-bond donors (Lipinski definition) is 1. The molecule has 1 amide bonds. The zero-order valence-electron chi connectivity index (χ0n) is 19.9. The highest BCUT2D eigenvalue weighted by molar-refractivity contribution is 5.94. The van der Waals surface area contributed by atoms with Crippen LogP contribution in [-0.4, -0.2) is 58.9 Å². The van der Waals surface area contributed by atoms with Gasteiger partial charge in [-0.3, -0.25) is 4.79 Å². The second-order valence-corrected chi connectivity index (χ2v) is 8.93. The fourth-order valence-electron chi connectivity index (χ4n) is 4.12. The number of nitrogens with zero attached hydrogens (tertiary/aromatic N) is 4. The van der Waals surface area contributed by atoms with Gasteiger partial charge in [-0.1, -0.05) is 18.6 Å². The number of hydrogen-bond acceptors (Lipinski definition) is 5. The molecular weight excluding hydrogens is 402 g/mol. The van der Waals surface area contributed by atoms with Gasteiger partial charge in [0.25, 0.3) is 5.91 Å². The van der Waals surface area contributed by atoms with Crippen molar-refractivity contribution in [3.05, 3.63) is 53.1 Å². The van der Waals surface area contributed by atoms with Gasteiger partial charge in [-0.05, 0) is 56.9 Å². The number of fused-ring (bicyclic) bond motifs is 1. The molecule has 1 aliphatic heterocycles. The van der Waals surface area contributed by atoms with Crippen LogP contribution in [0.5, 0.6) is 5.75 Å². The zero-order valence-corrected chi connectivity index (χ0v) is 19.9. The van der Waals surface area contributed by atoms with Gasteiger partial charge in [0, 0.05) is 51.1 Å². The molecule has 32 heavy (non-hydrogen) atoms. The van der Waals surface area contributed by atoms with Gasteiger partial charge < -0.3 is 19.5 Å². The average Bonchev–Trinajstić information content (AvgIpc) is 3.05. The first kappa shape index (κ1) is 24.0. The standard InChI is InChI=1S/C25H37N5O2/c1-19(2)6-5-7-20(3)18-29-15-13-24-28-27-23(30(24)17-16-29)12-14-26-25(31)21-8-10-22(32-4)11-9-21/h6,8-11,20H,5,7,12-18H2,1-4H3,(H,26,31)/t20-/m0/s1. The van der Waals surface area contributed by atoms with Crippen LogP contribution in [0.15, 0.2) is 35.9 Å². The van der Waals surface area contributed by atoms with Gasteiger partial charge >= 0.3 is 0 Å². The first-order valence-electron chi connectivity index (χ1n) is 11.6. The molecule has 1 N–H and O–H groups in total. The highest BCUT2D eigenvalue weighted by atomic mass is 16.5. The van der Waals surface area contributed by atoms with E-state index in [-0.39, 0.29) is 5.91 Å². The fraction of sp³-hybridized carbons (Fsp3) is 0.560. The van der Waals surface area contributed by atoms with Crippen molar-refractivity contribution in [1.82, 2.24) is 25.0 Å². The third kappa shape index (κ3) is 6.92. The minimum absolute atomic E-state index is 0.0865. The molecule has 0 saturated heterocycles. The van der Waals surface area contributed by atoms with E-state index in [1.54, 1.807) is 31.4 Å². The molecule has 1 aromatic heterocycles. The summed E-state index contributed by atoms with van der Waals surface area (Å²) in [6, 6.07) is 7.13. The maximum atomic E-state index is 12.4. The molecule has 7 heteroatoms. The maximum absolute atomic E-state index is 12.4. The summed E-state index contributed by atoms with van der Waals surface area (Å²) in [5, 5.41) is 11.8. The number of benzene rings is 1. The van der Waals surface area contributed by atoms with E-state index >= 15 is 0 Å². The number of nitrogens with one attached hydrogen (secondary N) is 1. The second-order valence-electron chi connectivity index (χ2n) is 8.93. The molecule has 0 bridgehead atoms.